The number of furan rings is 1. The predicted molar refractivity (Wildman–Crippen MR) is 48.0 cm³/mol. The molecule has 0 amide bonds. The van der Waals surface area contributed by atoms with Gasteiger partial charge in [0.2, 0.25) is 0 Å². The van der Waals surface area contributed by atoms with Crippen LogP contribution in [-0.2, 0) is 0 Å². The quantitative estimate of drug-likeness (QED) is 0.663. The fourth-order valence-corrected chi connectivity index (χ4v) is 1.18. The Morgan fingerprint density at radius 2 is 2.46 bits per heavy atom. The molecule has 0 aliphatic heterocycles. The topological polar surface area (TPSA) is 49.8 Å². The number of hydrogen-bond acceptors (Lipinski definition) is 3. The Kier molecular flexibility index (Phi) is 1.75. The molecule has 1 atom stereocenters. The number of rotatable bonds is 1. The average Bonchev–Trinajstić information content (AvgIpc) is 2.59. The van der Waals surface area contributed by atoms with E-state index in [0.717, 1.165) is 11.0 Å². The van der Waals surface area contributed by atoms with Gasteiger partial charge < -0.3 is 4.42 Å². The third-order valence-corrected chi connectivity index (χ3v) is 1.96. The van der Waals surface area contributed by atoms with Gasteiger partial charge in [0, 0.05) is 17.8 Å². The summed E-state index contributed by atoms with van der Waals surface area (Å²) >= 11 is 0. The lowest BCUT2D eigenvalue weighted by atomic mass is 10.1. The maximum Gasteiger partial charge on any atom is 0.137 e. The molecule has 3 heteroatoms. The highest BCUT2D eigenvalue weighted by Crippen LogP contribution is 2.23. The van der Waals surface area contributed by atoms with Crippen LogP contribution < -0.4 is 0 Å². The summed E-state index contributed by atoms with van der Waals surface area (Å²) < 4.78 is 5.46. The van der Waals surface area contributed by atoms with Crippen LogP contribution in [0.3, 0.4) is 0 Å². The van der Waals surface area contributed by atoms with Crippen molar-refractivity contribution in [3.8, 4) is 6.07 Å². The van der Waals surface area contributed by atoms with E-state index in [-0.39, 0.29) is 5.92 Å². The predicted octanol–water partition coefficient (Wildman–Crippen LogP) is 2.45. The minimum absolute atomic E-state index is 0.201. The van der Waals surface area contributed by atoms with Gasteiger partial charge in [-0.1, -0.05) is 0 Å². The SMILES string of the molecule is CC(C#N)c1cc2cnccc2o1. The summed E-state index contributed by atoms with van der Waals surface area (Å²) in [5.41, 5.74) is 0.784. The maximum absolute atomic E-state index is 8.69. The van der Waals surface area contributed by atoms with E-state index in [1.54, 1.807) is 18.5 Å². The van der Waals surface area contributed by atoms with E-state index in [1.807, 2.05) is 13.0 Å². The summed E-state index contributed by atoms with van der Waals surface area (Å²) in [7, 11) is 0. The molecule has 0 spiro atoms. The zero-order valence-corrected chi connectivity index (χ0v) is 7.19. The average molecular weight is 172 g/mol. The third-order valence-electron chi connectivity index (χ3n) is 1.96. The lowest BCUT2D eigenvalue weighted by Crippen LogP contribution is -1.83. The van der Waals surface area contributed by atoms with Crippen molar-refractivity contribution in [2.45, 2.75) is 12.8 Å². The second-order valence-corrected chi connectivity index (χ2v) is 2.91. The van der Waals surface area contributed by atoms with Crippen molar-refractivity contribution in [3.05, 3.63) is 30.3 Å². The Bertz CT molecular complexity index is 434. The van der Waals surface area contributed by atoms with Gasteiger partial charge in [-0.25, -0.2) is 0 Å². The zero-order chi connectivity index (χ0) is 9.26. The molecule has 13 heavy (non-hydrogen) atoms. The number of pyridine rings is 1. The molecule has 3 nitrogen and oxygen atoms in total. The van der Waals surface area contributed by atoms with E-state index in [2.05, 4.69) is 11.1 Å². The van der Waals surface area contributed by atoms with Crippen molar-refractivity contribution in [1.82, 2.24) is 4.98 Å². The van der Waals surface area contributed by atoms with Crippen molar-refractivity contribution in [1.29, 1.82) is 5.26 Å². The molecule has 0 saturated carbocycles. The molecule has 0 radical (unpaired) electrons. The molecule has 0 aliphatic rings. The second kappa shape index (κ2) is 2.91. The fraction of sp³-hybridized carbons (Fsp3) is 0.200. The Hall–Kier alpha value is -1.82. The Balaban J connectivity index is 2.57. The van der Waals surface area contributed by atoms with Crippen LogP contribution in [-0.4, -0.2) is 4.98 Å². The van der Waals surface area contributed by atoms with Crippen LogP contribution in [0, 0.1) is 11.3 Å². The molecular formula is C10H8N2O. The Morgan fingerprint density at radius 1 is 1.62 bits per heavy atom. The van der Waals surface area contributed by atoms with Gasteiger partial charge in [-0.3, -0.25) is 4.98 Å². The minimum Gasteiger partial charge on any atom is -0.460 e. The van der Waals surface area contributed by atoms with Crippen molar-refractivity contribution in [3.63, 3.8) is 0 Å². The normalized spacial score (nSPS) is 12.6. The first-order valence-corrected chi connectivity index (χ1v) is 4.04. The molecule has 2 rings (SSSR count). The summed E-state index contributed by atoms with van der Waals surface area (Å²) in [5, 5.41) is 9.63. The molecule has 0 bridgehead atoms. The number of aromatic nitrogens is 1. The van der Waals surface area contributed by atoms with Crippen LogP contribution in [0.4, 0.5) is 0 Å². The van der Waals surface area contributed by atoms with Crippen molar-refractivity contribution >= 4 is 11.0 Å². The summed E-state index contributed by atoms with van der Waals surface area (Å²) in [6.07, 6.45) is 3.40. The van der Waals surface area contributed by atoms with Crippen LogP contribution in [0.1, 0.15) is 18.6 Å². The third kappa shape index (κ3) is 1.27. The molecule has 64 valence electrons. The van der Waals surface area contributed by atoms with Gasteiger partial charge in [0.15, 0.2) is 0 Å². The fourth-order valence-electron chi connectivity index (χ4n) is 1.18. The van der Waals surface area contributed by atoms with Crippen LogP contribution in [0.5, 0.6) is 0 Å². The van der Waals surface area contributed by atoms with Gasteiger partial charge in [-0.05, 0) is 19.1 Å². The van der Waals surface area contributed by atoms with Crippen LogP contribution in [0.25, 0.3) is 11.0 Å². The van der Waals surface area contributed by atoms with Gasteiger partial charge in [-0.2, -0.15) is 5.26 Å². The molecule has 0 saturated heterocycles. The molecule has 2 aromatic heterocycles. The van der Waals surface area contributed by atoms with E-state index in [4.69, 9.17) is 9.68 Å². The standard InChI is InChI=1S/C10H8N2O/c1-7(5-11)10-4-8-6-12-3-2-9(8)13-10/h2-4,6-7H,1H3. The van der Waals surface area contributed by atoms with E-state index in [9.17, 15) is 0 Å². The van der Waals surface area contributed by atoms with E-state index < -0.39 is 0 Å². The molecule has 2 aromatic rings. The highest BCUT2D eigenvalue weighted by atomic mass is 16.3. The maximum atomic E-state index is 8.69. The summed E-state index contributed by atoms with van der Waals surface area (Å²) in [4.78, 5) is 3.97. The molecule has 0 N–H and O–H groups in total. The smallest absolute Gasteiger partial charge is 0.137 e. The molecule has 0 aliphatic carbocycles. The first-order chi connectivity index (χ1) is 6.31. The number of nitriles is 1. The van der Waals surface area contributed by atoms with E-state index in [0.29, 0.717) is 5.76 Å². The Labute approximate surface area is 75.6 Å². The minimum atomic E-state index is -0.201. The molecule has 1 unspecified atom stereocenters. The largest absolute Gasteiger partial charge is 0.460 e. The van der Waals surface area contributed by atoms with Crippen LogP contribution in [0.15, 0.2) is 28.9 Å². The monoisotopic (exact) mass is 172 g/mol. The van der Waals surface area contributed by atoms with E-state index in [1.165, 1.54) is 0 Å². The van der Waals surface area contributed by atoms with Gasteiger partial charge in [0.1, 0.15) is 17.3 Å². The number of nitrogens with zero attached hydrogens (tertiary/aromatic N) is 2. The summed E-state index contributed by atoms with van der Waals surface area (Å²) in [6, 6.07) is 5.78. The lowest BCUT2D eigenvalue weighted by Gasteiger charge is -1.92. The second-order valence-electron chi connectivity index (χ2n) is 2.91. The van der Waals surface area contributed by atoms with Crippen molar-refractivity contribution < 1.29 is 4.42 Å². The zero-order valence-electron chi connectivity index (χ0n) is 7.19. The van der Waals surface area contributed by atoms with Crippen molar-refractivity contribution in [2.24, 2.45) is 0 Å². The van der Waals surface area contributed by atoms with Crippen molar-refractivity contribution in [2.75, 3.05) is 0 Å². The Morgan fingerprint density at radius 3 is 3.15 bits per heavy atom. The highest BCUT2D eigenvalue weighted by molar-refractivity contribution is 5.76. The summed E-state index contributed by atoms with van der Waals surface area (Å²) in [6.45, 7) is 1.81. The molecular weight excluding hydrogens is 164 g/mol. The first-order valence-electron chi connectivity index (χ1n) is 4.04. The van der Waals surface area contributed by atoms with Gasteiger partial charge in [-0.15, -0.1) is 0 Å². The summed E-state index contributed by atoms with van der Waals surface area (Å²) in [5.74, 6) is 0.498. The lowest BCUT2D eigenvalue weighted by molar-refractivity contribution is 0.540. The molecule has 0 fully saturated rings. The van der Waals surface area contributed by atoms with Crippen LogP contribution >= 0.6 is 0 Å². The first kappa shape index (κ1) is 7.81. The number of fused-ring (bicyclic) bond motifs is 1. The molecule has 2 heterocycles. The van der Waals surface area contributed by atoms with E-state index >= 15 is 0 Å². The van der Waals surface area contributed by atoms with Gasteiger partial charge >= 0.3 is 0 Å². The molecule has 0 aromatic carbocycles. The van der Waals surface area contributed by atoms with Gasteiger partial charge in [0.05, 0.1) is 6.07 Å². The highest BCUT2D eigenvalue weighted by Gasteiger charge is 2.09. The van der Waals surface area contributed by atoms with Gasteiger partial charge in [0.25, 0.3) is 0 Å². The van der Waals surface area contributed by atoms with Crippen LogP contribution in [0.2, 0.25) is 0 Å². The number of hydrogen-bond donors (Lipinski definition) is 0.